The molecule has 6 heteroatoms. The van der Waals surface area contributed by atoms with E-state index in [1.54, 1.807) is 6.20 Å². The highest BCUT2D eigenvalue weighted by molar-refractivity contribution is 5.69. The zero-order valence-electron chi connectivity index (χ0n) is 16.0. The van der Waals surface area contributed by atoms with E-state index in [1.165, 1.54) is 0 Å². The monoisotopic (exact) mass is 369 g/mol. The Morgan fingerprint density at radius 1 is 1.30 bits per heavy atom. The number of nitrogens with zero attached hydrogens (tertiary/aromatic N) is 3. The number of hydrogen-bond acceptors (Lipinski definition) is 5. The predicted octanol–water partition coefficient (Wildman–Crippen LogP) is 2.74. The Bertz CT molecular complexity index is 767. The van der Waals surface area contributed by atoms with Crippen LogP contribution in [0.15, 0.2) is 42.6 Å². The summed E-state index contributed by atoms with van der Waals surface area (Å²) < 4.78 is 5.56. The average Bonchev–Trinajstić information content (AvgIpc) is 2.81. The molecule has 1 unspecified atom stereocenters. The van der Waals surface area contributed by atoms with Gasteiger partial charge in [-0.05, 0) is 57.3 Å². The molecule has 1 aromatic carbocycles. The number of benzene rings is 1. The molecule has 1 aromatic heterocycles. The Kier molecular flexibility index (Phi) is 6.42. The van der Waals surface area contributed by atoms with Crippen LogP contribution in [0.5, 0.6) is 5.75 Å². The smallest absolute Gasteiger partial charge is 0.341 e. The van der Waals surface area contributed by atoms with Gasteiger partial charge in [-0.25, -0.2) is 4.79 Å². The van der Waals surface area contributed by atoms with Crippen LogP contribution >= 0.6 is 0 Å². The molecule has 1 aliphatic heterocycles. The number of rotatable bonds is 6. The van der Waals surface area contributed by atoms with Gasteiger partial charge in [-0.2, -0.15) is 0 Å². The van der Waals surface area contributed by atoms with Crippen molar-refractivity contribution in [2.24, 2.45) is 0 Å². The summed E-state index contributed by atoms with van der Waals surface area (Å²) in [6.45, 7) is 5.75. The summed E-state index contributed by atoms with van der Waals surface area (Å²) >= 11 is 0. The summed E-state index contributed by atoms with van der Waals surface area (Å²) in [4.78, 5) is 20.2. The first-order chi connectivity index (χ1) is 13.0. The third-order valence-corrected chi connectivity index (χ3v) is 4.93. The van der Waals surface area contributed by atoms with E-state index in [-0.39, 0.29) is 6.61 Å². The molecular weight excluding hydrogens is 342 g/mol. The largest absolute Gasteiger partial charge is 0.482 e. The third kappa shape index (κ3) is 5.28. The molecule has 0 radical (unpaired) electrons. The molecule has 0 amide bonds. The molecule has 1 atom stereocenters. The van der Waals surface area contributed by atoms with Gasteiger partial charge in [0.25, 0.3) is 0 Å². The van der Waals surface area contributed by atoms with Crippen molar-refractivity contribution in [3.05, 3.63) is 48.2 Å². The van der Waals surface area contributed by atoms with Crippen LogP contribution in [0, 0.1) is 0 Å². The lowest BCUT2D eigenvalue weighted by atomic mass is 10.1. The summed E-state index contributed by atoms with van der Waals surface area (Å²) in [6, 6.07) is 12.1. The van der Waals surface area contributed by atoms with Crippen molar-refractivity contribution in [3.63, 3.8) is 0 Å². The minimum absolute atomic E-state index is 0.339. The van der Waals surface area contributed by atoms with Crippen molar-refractivity contribution in [2.75, 3.05) is 33.3 Å². The minimum atomic E-state index is -0.973. The topological polar surface area (TPSA) is 65.9 Å². The van der Waals surface area contributed by atoms with Crippen LogP contribution in [0.1, 0.15) is 18.9 Å². The lowest BCUT2D eigenvalue weighted by Gasteiger charge is -2.28. The number of hydrogen-bond donors (Lipinski definition) is 1. The molecule has 27 heavy (non-hydrogen) atoms. The molecule has 6 nitrogen and oxygen atoms in total. The summed E-state index contributed by atoms with van der Waals surface area (Å²) in [5.41, 5.74) is 2.90. The molecule has 144 valence electrons. The second-order valence-electron chi connectivity index (χ2n) is 7.16. The van der Waals surface area contributed by atoms with Crippen molar-refractivity contribution in [3.8, 4) is 17.0 Å². The highest BCUT2D eigenvalue weighted by Gasteiger charge is 2.21. The molecule has 3 rings (SSSR count). The van der Waals surface area contributed by atoms with E-state index in [4.69, 9.17) is 9.84 Å². The van der Waals surface area contributed by atoms with Gasteiger partial charge in [-0.3, -0.25) is 9.88 Å². The number of carbonyl (C=O) groups is 1. The van der Waals surface area contributed by atoms with Crippen molar-refractivity contribution >= 4 is 5.97 Å². The van der Waals surface area contributed by atoms with Gasteiger partial charge in [0, 0.05) is 43.0 Å². The summed E-state index contributed by atoms with van der Waals surface area (Å²) in [6.07, 6.45) is 2.89. The highest BCUT2D eigenvalue weighted by Crippen LogP contribution is 2.28. The van der Waals surface area contributed by atoms with E-state index in [2.05, 4.69) is 34.8 Å². The number of carboxylic acid groups (broad SMARTS) is 1. The number of likely N-dealkylation sites (N-methyl/N-ethyl adjacent to an activating group) is 1. The van der Waals surface area contributed by atoms with Gasteiger partial charge in [0.15, 0.2) is 6.61 Å². The fraction of sp³-hybridized carbons (Fsp3) is 0.429. The number of aliphatic carboxylic acids is 1. The van der Waals surface area contributed by atoms with Gasteiger partial charge in [0.05, 0.1) is 5.69 Å². The van der Waals surface area contributed by atoms with Crippen molar-refractivity contribution in [2.45, 2.75) is 25.9 Å². The van der Waals surface area contributed by atoms with Crippen LogP contribution in [-0.2, 0) is 11.3 Å². The van der Waals surface area contributed by atoms with Crippen LogP contribution in [-0.4, -0.2) is 65.2 Å². The molecule has 1 saturated heterocycles. The normalized spacial score (nSPS) is 18.8. The summed E-state index contributed by atoms with van der Waals surface area (Å²) in [7, 11) is 2.16. The first-order valence-electron chi connectivity index (χ1n) is 9.34. The Hall–Kier alpha value is -2.44. The average molecular weight is 369 g/mol. The Morgan fingerprint density at radius 2 is 2.15 bits per heavy atom. The lowest BCUT2D eigenvalue weighted by molar-refractivity contribution is -0.139. The molecular formula is C21H27N3O3. The fourth-order valence-corrected chi connectivity index (χ4v) is 3.55. The first kappa shape index (κ1) is 19.3. The maximum Gasteiger partial charge on any atom is 0.341 e. The number of carboxylic acids is 1. The lowest BCUT2D eigenvalue weighted by Crippen LogP contribution is -2.37. The van der Waals surface area contributed by atoms with Gasteiger partial charge in [0.2, 0.25) is 0 Å². The molecule has 2 aromatic rings. The van der Waals surface area contributed by atoms with Gasteiger partial charge in [-0.1, -0.05) is 6.07 Å². The second kappa shape index (κ2) is 8.97. The van der Waals surface area contributed by atoms with E-state index in [9.17, 15) is 4.79 Å². The quantitative estimate of drug-likeness (QED) is 0.845. The fourth-order valence-electron chi connectivity index (χ4n) is 3.55. The summed E-state index contributed by atoms with van der Waals surface area (Å²) in [5.74, 6) is -0.346. The molecule has 1 N–H and O–H groups in total. The zero-order chi connectivity index (χ0) is 19.2. The van der Waals surface area contributed by atoms with E-state index in [0.717, 1.165) is 49.4 Å². The standard InChI is InChI=1S/C21H27N3O3/c1-16-13-23(2)10-5-11-24(16)14-18-12-17(19-6-3-4-9-22-19)7-8-20(18)27-15-21(25)26/h3-4,6-9,12,16H,5,10-11,13-15H2,1-2H3,(H,25,26). The van der Waals surface area contributed by atoms with Crippen LogP contribution in [0.2, 0.25) is 0 Å². The van der Waals surface area contributed by atoms with Gasteiger partial charge >= 0.3 is 5.97 Å². The highest BCUT2D eigenvalue weighted by atomic mass is 16.5. The van der Waals surface area contributed by atoms with E-state index >= 15 is 0 Å². The molecule has 1 aliphatic rings. The SMILES string of the molecule is CC1CN(C)CCCN1Cc1cc(-c2ccccn2)ccc1OCC(=O)O. The molecule has 0 saturated carbocycles. The van der Waals surface area contributed by atoms with Crippen molar-refractivity contribution in [1.82, 2.24) is 14.8 Å². The van der Waals surface area contributed by atoms with Gasteiger partial charge in [0.1, 0.15) is 5.75 Å². The van der Waals surface area contributed by atoms with Crippen LogP contribution in [0.4, 0.5) is 0 Å². The van der Waals surface area contributed by atoms with Crippen molar-refractivity contribution < 1.29 is 14.6 Å². The Morgan fingerprint density at radius 3 is 2.89 bits per heavy atom. The maximum absolute atomic E-state index is 10.9. The molecule has 1 fully saturated rings. The van der Waals surface area contributed by atoms with Gasteiger partial charge in [-0.15, -0.1) is 0 Å². The number of aromatic nitrogens is 1. The number of pyridine rings is 1. The minimum Gasteiger partial charge on any atom is -0.482 e. The van der Waals surface area contributed by atoms with Crippen LogP contribution in [0.25, 0.3) is 11.3 Å². The second-order valence-corrected chi connectivity index (χ2v) is 7.16. The van der Waals surface area contributed by atoms with E-state index < -0.39 is 5.97 Å². The third-order valence-electron chi connectivity index (χ3n) is 4.93. The van der Waals surface area contributed by atoms with Crippen LogP contribution < -0.4 is 4.74 Å². The molecule has 0 aliphatic carbocycles. The molecule has 0 bridgehead atoms. The first-order valence-corrected chi connectivity index (χ1v) is 9.34. The summed E-state index contributed by atoms with van der Waals surface area (Å²) in [5, 5.41) is 8.98. The predicted molar refractivity (Wildman–Crippen MR) is 105 cm³/mol. The maximum atomic E-state index is 10.9. The van der Waals surface area contributed by atoms with Gasteiger partial charge < -0.3 is 14.7 Å². The number of ether oxygens (including phenoxy) is 1. The molecule has 2 heterocycles. The Balaban J connectivity index is 1.87. The van der Waals surface area contributed by atoms with Crippen molar-refractivity contribution in [1.29, 1.82) is 0 Å². The van der Waals surface area contributed by atoms with Crippen LogP contribution in [0.3, 0.4) is 0 Å². The molecule has 0 spiro atoms. The Labute approximate surface area is 160 Å². The van der Waals surface area contributed by atoms with E-state index in [0.29, 0.717) is 11.8 Å². The zero-order valence-corrected chi connectivity index (χ0v) is 16.0. The van der Waals surface area contributed by atoms with E-state index in [1.807, 2.05) is 30.3 Å².